The summed E-state index contributed by atoms with van der Waals surface area (Å²) in [5.41, 5.74) is 4.90. The van der Waals surface area contributed by atoms with E-state index in [0.29, 0.717) is 6.42 Å². The number of carboxylic acids is 1. The van der Waals surface area contributed by atoms with Gasteiger partial charge in [0.05, 0.1) is 12.7 Å². The highest BCUT2D eigenvalue weighted by atomic mass is 31.2. The van der Waals surface area contributed by atoms with Crippen molar-refractivity contribution in [3.05, 3.63) is 22.7 Å². The number of hydrogen-bond acceptors (Lipinski definition) is 7. The van der Waals surface area contributed by atoms with Gasteiger partial charge in [-0.15, -0.1) is 0 Å². The van der Waals surface area contributed by atoms with Crippen molar-refractivity contribution in [2.45, 2.75) is 25.5 Å². The number of nitrogens with two attached hydrogens (primary N) is 1. The molecule has 0 bridgehead atoms. The van der Waals surface area contributed by atoms with Crippen LogP contribution in [-0.2, 0) is 18.6 Å². The number of aliphatic carboxylic acids is 1. The Bertz CT molecular complexity index is 665. The number of ether oxygens (including phenoxy) is 1. The van der Waals surface area contributed by atoms with Gasteiger partial charge in [-0.05, 0) is 19.4 Å². The van der Waals surface area contributed by atoms with E-state index in [1.807, 2.05) is 5.09 Å². The molecule has 1 aromatic rings. The van der Waals surface area contributed by atoms with E-state index in [2.05, 4.69) is 4.98 Å². The molecule has 0 aliphatic rings. The molecule has 0 saturated carbocycles. The molecule has 0 aromatic carbocycles. The SMILES string of the molecule is COC(COP(=O)(O)NCC(=O)O)CC(C)n1ccc(N)nc1=O. The molecule has 0 amide bonds. The molecule has 1 heterocycles. The third kappa shape index (κ3) is 6.77. The highest BCUT2D eigenvalue weighted by Crippen LogP contribution is 2.36. The lowest BCUT2D eigenvalue weighted by atomic mass is 10.1. The smallest absolute Gasteiger partial charge is 0.403 e. The molecule has 0 saturated heterocycles. The molecule has 0 aliphatic carbocycles. The lowest BCUT2D eigenvalue weighted by Gasteiger charge is -2.22. The van der Waals surface area contributed by atoms with E-state index < -0.39 is 32.1 Å². The average molecular weight is 364 g/mol. The average Bonchev–Trinajstić information content (AvgIpc) is 2.49. The Kier molecular flexibility index (Phi) is 7.52. The quantitative estimate of drug-likeness (QED) is 0.400. The van der Waals surface area contributed by atoms with Crippen LogP contribution in [0, 0.1) is 0 Å². The fourth-order valence-corrected chi connectivity index (χ4v) is 2.68. The molecule has 3 unspecified atom stereocenters. The second kappa shape index (κ2) is 8.90. The van der Waals surface area contributed by atoms with E-state index in [0.717, 1.165) is 0 Å². The van der Waals surface area contributed by atoms with E-state index >= 15 is 0 Å². The van der Waals surface area contributed by atoms with Gasteiger partial charge in [0.25, 0.3) is 0 Å². The maximum absolute atomic E-state index is 11.8. The highest BCUT2D eigenvalue weighted by Gasteiger charge is 2.24. The van der Waals surface area contributed by atoms with Gasteiger partial charge >= 0.3 is 19.4 Å². The Labute approximate surface area is 138 Å². The lowest BCUT2D eigenvalue weighted by Crippen LogP contribution is -2.30. The minimum absolute atomic E-state index is 0.112. The number of nitrogens with zero attached hydrogens (tertiary/aromatic N) is 2. The van der Waals surface area contributed by atoms with Crippen LogP contribution in [0.25, 0.3) is 0 Å². The van der Waals surface area contributed by atoms with Crippen molar-refractivity contribution in [2.24, 2.45) is 0 Å². The van der Waals surface area contributed by atoms with Crippen molar-refractivity contribution in [1.82, 2.24) is 14.6 Å². The Hall–Kier alpha value is -1.78. The molecule has 5 N–H and O–H groups in total. The number of nitrogen functional groups attached to an aromatic ring is 1. The standard InChI is InChI=1S/C12H21N4O7P/c1-8(16-4-3-10(13)15-12(16)19)5-9(22-2)7-23-24(20,21)14-6-11(17)18/h3-4,8-9H,5-7H2,1-2H3,(H,17,18)(H2,13,15,19)(H2,14,20,21). The van der Waals surface area contributed by atoms with E-state index in [1.165, 1.54) is 23.9 Å². The second-order valence-corrected chi connectivity index (χ2v) is 6.64. The van der Waals surface area contributed by atoms with Crippen LogP contribution in [0.4, 0.5) is 5.82 Å². The zero-order valence-corrected chi connectivity index (χ0v) is 14.2. The number of rotatable bonds is 10. The van der Waals surface area contributed by atoms with Gasteiger partial charge in [-0.2, -0.15) is 4.98 Å². The van der Waals surface area contributed by atoms with Crippen LogP contribution in [-0.4, -0.2) is 51.9 Å². The molecule has 12 heteroatoms. The molecule has 0 fully saturated rings. The van der Waals surface area contributed by atoms with Gasteiger partial charge in [-0.1, -0.05) is 0 Å². The number of hydrogen-bond donors (Lipinski definition) is 4. The zero-order chi connectivity index (χ0) is 18.3. The summed E-state index contributed by atoms with van der Waals surface area (Å²) in [6, 6.07) is 1.15. The minimum atomic E-state index is -4.25. The van der Waals surface area contributed by atoms with Crippen LogP contribution in [0.1, 0.15) is 19.4 Å². The van der Waals surface area contributed by atoms with Crippen molar-refractivity contribution < 1.29 is 28.6 Å². The second-order valence-electron chi connectivity index (χ2n) is 5.03. The van der Waals surface area contributed by atoms with Crippen LogP contribution in [0.3, 0.4) is 0 Å². The van der Waals surface area contributed by atoms with Gasteiger partial charge in [0.15, 0.2) is 0 Å². The summed E-state index contributed by atoms with van der Waals surface area (Å²) in [5, 5.41) is 10.4. The van der Waals surface area contributed by atoms with E-state index in [-0.39, 0.29) is 18.5 Å². The van der Waals surface area contributed by atoms with Crippen LogP contribution in [0.15, 0.2) is 17.1 Å². The molecule has 1 rings (SSSR count). The summed E-state index contributed by atoms with van der Waals surface area (Å²) < 4.78 is 22.9. The number of nitrogens with one attached hydrogen (secondary N) is 1. The summed E-state index contributed by atoms with van der Waals surface area (Å²) in [6.07, 6.45) is 1.19. The third-order valence-corrected chi connectivity index (χ3v) is 4.19. The first kappa shape index (κ1) is 20.3. The molecule has 136 valence electrons. The predicted octanol–water partition coefficient (Wildman–Crippen LogP) is -0.417. The van der Waals surface area contributed by atoms with Gasteiger partial charge in [-0.25, -0.2) is 14.4 Å². The van der Waals surface area contributed by atoms with Crippen molar-refractivity contribution in [3.8, 4) is 0 Å². The topological polar surface area (TPSA) is 166 Å². The molecular formula is C12H21N4O7P. The third-order valence-electron chi connectivity index (χ3n) is 3.13. The Balaban J connectivity index is 2.62. The summed E-state index contributed by atoms with van der Waals surface area (Å²) in [7, 11) is -2.87. The lowest BCUT2D eigenvalue weighted by molar-refractivity contribution is -0.135. The van der Waals surface area contributed by atoms with Gasteiger partial charge < -0.3 is 20.5 Å². The Morgan fingerprint density at radius 3 is 2.79 bits per heavy atom. The fourth-order valence-electron chi connectivity index (χ4n) is 1.89. The Morgan fingerprint density at radius 2 is 2.25 bits per heavy atom. The van der Waals surface area contributed by atoms with Crippen molar-refractivity contribution in [1.29, 1.82) is 0 Å². The first-order valence-corrected chi connectivity index (χ1v) is 8.54. The summed E-state index contributed by atoms with van der Waals surface area (Å²) in [4.78, 5) is 35.2. The molecule has 0 aliphatic heterocycles. The maximum Gasteiger partial charge on any atom is 0.403 e. The molecule has 11 nitrogen and oxygen atoms in total. The minimum Gasteiger partial charge on any atom is -0.480 e. The molecule has 1 aromatic heterocycles. The molecule has 0 spiro atoms. The summed E-state index contributed by atoms with van der Waals surface area (Å²) in [5.74, 6) is -1.18. The number of methoxy groups -OCH3 is 1. The number of anilines is 1. The first-order chi connectivity index (χ1) is 11.1. The molecule has 0 radical (unpaired) electrons. The van der Waals surface area contributed by atoms with E-state index in [9.17, 15) is 19.0 Å². The predicted molar refractivity (Wildman–Crippen MR) is 84.5 cm³/mol. The maximum atomic E-state index is 11.8. The molecule has 3 atom stereocenters. The zero-order valence-electron chi connectivity index (χ0n) is 13.3. The van der Waals surface area contributed by atoms with Gasteiger partial charge in [0, 0.05) is 19.3 Å². The fraction of sp³-hybridized carbons (Fsp3) is 0.583. The van der Waals surface area contributed by atoms with Gasteiger partial charge in [-0.3, -0.25) is 13.9 Å². The number of carbonyl (C=O) groups is 1. The van der Waals surface area contributed by atoms with Crippen molar-refractivity contribution in [2.75, 3.05) is 26.0 Å². The molecular weight excluding hydrogens is 343 g/mol. The van der Waals surface area contributed by atoms with Crippen molar-refractivity contribution in [3.63, 3.8) is 0 Å². The van der Waals surface area contributed by atoms with Crippen LogP contribution in [0.5, 0.6) is 0 Å². The van der Waals surface area contributed by atoms with Crippen molar-refractivity contribution >= 4 is 19.5 Å². The van der Waals surface area contributed by atoms with E-state index in [1.54, 1.807) is 6.92 Å². The van der Waals surface area contributed by atoms with Crippen LogP contribution >= 0.6 is 7.75 Å². The monoisotopic (exact) mass is 364 g/mol. The summed E-state index contributed by atoms with van der Waals surface area (Å²) >= 11 is 0. The number of aromatic nitrogens is 2. The normalized spacial score (nSPS) is 16.3. The Morgan fingerprint density at radius 1 is 1.58 bits per heavy atom. The van der Waals surface area contributed by atoms with Crippen LogP contribution in [0.2, 0.25) is 0 Å². The summed E-state index contributed by atoms with van der Waals surface area (Å²) in [6.45, 7) is 0.763. The molecule has 24 heavy (non-hydrogen) atoms. The first-order valence-electron chi connectivity index (χ1n) is 6.96. The van der Waals surface area contributed by atoms with Gasteiger partial charge in [0.2, 0.25) is 0 Å². The largest absolute Gasteiger partial charge is 0.480 e. The van der Waals surface area contributed by atoms with E-state index in [4.69, 9.17) is 20.1 Å². The number of carboxylic acid groups (broad SMARTS) is 1. The van der Waals surface area contributed by atoms with Crippen LogP contribution < -0.4 is 16.5 Å². The highest BCUT2D eigenvalue weighted by molar-refractivity contribution is 7.50. The van der Waals surface area contributed by atoms with Gasteiger partial charge in [0.1, 0.15) is 12.4 Å².